The number of nitriles is 1. The Hall–Kier alpha value is -4.37. The topological polar surface area (TPSA) is 91.2 Å². The van der Waals surface area contributed by atoms with Crippen molar-refractivity contribution in [2.24, 2.45) is 0 Å². The lowest BCUT2D eigenvalue weighted by Crippen LogP contribution is -2.20. The van der Waals surface area contributed by atoms with E-state index in [4.69, 9.17) is 4.74 Å². The molecular formula is C27H25N3O3. The first-order chi connectivity index (χ1) is 15.8. The minimum Gasteiger partial charge on any atom is -0.484 e. The van der Waals surface area contributed by atoms with Gasteiger partial charge in [-0.15, -0.1) is 0 Å². The lowest BCUT2D eigenvalue weighted by molar-refractivity contribution is -0.118. The second-order valence-corrected chi connectivity index (χ2v) is 7.70. The van der Waals surface area contributed by atoms with Gasteiger partial charge in [0.15, 0.2) is 6.61 Å². The zero-order chi connectivity index (χ0) is 23.8. The van der Waals surface area contributed by atoms with Crippen LogP contribution in [0, 0.1) is 32.1 Å². The fourth-order valence-electron chi connectivity index (χ4n) is 3.01. The standard InChI is InChI=1S/C27H25N3O3/c1-18-7-10-23(11-8-18)30-27(32)22(16-28)14-21-5-4-6-25(15-21)33-17-26(31)29-24-12-9-19(2)20(3)13-24/h4-15H,17H2,1-3H3,(H,29,31)(H,30,32)/b22-14-. The third kappa shape index (κ3) is 6.81. The summed E-state index contributed by atoms with van der Waals surface area (Å²) >= 11 is 0. The van der Waals surface area contributed by atoms with Crippen LogP contribution in [0.4, 0.5) is 11.4 Å². The summed E-state index contributed by atoms with van der Waals surface area (Å²) in [6, 6.07) is 21.8. The van der Waals surface area contributed by atoms with Crippen LogP contribution in [-0.2, 0) is 9.59 Å². The van der Waals surface area contributed by atoms with Crippen molar-refractivity contribution in [2.75, 3.05) is 17.2 Å². The first-order valence-corrected chi connectivity index (χ1v) is 10.4. The van der Waals surface area contributed by atoms with Crippen LogP contribution >= 0.6 is 0 Å². The van der Waals surface area contributed by atoms with Crippen LogP contribution in [0.25, 0.3) is 6.08 Å². The average molecular weight is 440 g/mol. The molecular weight excluding hydrogens is 414 g/mol. The van der Waals surface area contributed by atoms with Gasteiger partial charge in [0.25, 0.3) is 11.8 Å². The van der Waals surface area contributed by atoms with Gasteiger partial charge in [-0.05, 0) is 79.9 Å². The van der Waals surface area contributed by atoms with E-state index in [2.05, 4.69) is 10.6 Å². The van der Waals surface area contributed by atoms with Crippen molar-refractivity contribution in [3.63, 3.8) is 0 Å². The Morgan fingerprint density at radius 3 is 2.33 bits per heavy atom. The zero-order valence-corrected chi connectivity index (χ0v) is 18.8. The van der Waals surface area contributed by atoms with Gasteiger partial charge in [-0.2, -0.15) is 5.26 Å². The summed E-state index contributed by atoms with van der Waals surface area (Å²) in [6.45, 7) is 5.78. The number of nitrogens with one attached hydrogen (secondary N) is 2. The van der Waals surface area contributed by atoms with Gasteiger partial charge in [-0.3, -0.25) is 9.59 Å². The molecule has 2 N–H and O–H groups in total. The molecule has 0 heterocycles. The second kappa shape index (κ2) is 10.8. The van der Waals surface area contributed by atoms with Crippen molar-refractivity contribution in [2.45, 2.75) is 20.8 Å². The molecule has 0 aliphatic carbocycles. The SMILES string of the molecule is Cc1ccc(NC(=O)/C(C#N)=C\c2cccc(OCC(=O)Nc3ccc(C)c(C)c3)c2)cc1. The van der Waals surface area contributed by atoms with Crippen LogP contribution in [0.3, 0.4) is 0 Å². The van der Waals surface area contributed by atoms with Gasteiger partial charge in [-0.25, -0.2) is 0 Å². The van der Waals surface area contributed by atoms with Gasteiger partial charge in [0.05, 0.1) is 0 Å². The summed E-state index contributed by atoms with van der Waals surface area (Å²) in [4.78, 5) is 24.7. The molecule has 0 aromatic heterocycles. The lowest BCUT2D eigenvalue weighted by atomic mass is 10.1. The number of aryl methyl sites for hydroxylation is 3. The molecule has 0 saturated carbocycles. The fraction of sp³-hybridized carbons (Fsp3) is 0.148. The van der Waals surface area contributed by atoms with Crippen LogP contribution in [0.1, 0.15) is 22.3 Å². The molecule has 0 atom stereocenters. The number of carbonyl (C=O) groups is 2. The summed E-state index contributed by atoms with van der Waals surface area (Å²) in [6.07, 6.45) is 1.48. The van der Waals surface area contributed by atoms with E-state index in [-0.39, 0.29) is 18.1 Å². The van der Waals surface area contributed by atoms with Gasteiger partial charge in [0, 0.05) is 11.4 Å². The highest BCUT2D eigenvalue weighted by Gasteiger charge is 2.10. The molecule has 3 aromatic rings. The molecule has 0 radical (unpaired) electrons. The van der Waals surface area contributed by atoms with Crippen LogP contribution < -0.4 is 15.4 Å². The second-order valence-electron chi connectivity index (χ2n) is 7.70. The highest BCUT2D eigenvalue weighted by atomic mass is 16.5. The summed E-state index contributed by atoms with van der Waals surface area (Å²) in [5, 5.41) is 15.0. The Morgan fingerprint density at radius 1 is 0.909 bits per heavy atom. The number of benzene rings is 3. The van der Waals surface area contributed by atoms with Crippen molar-refractivity contribution in [3.8, 4) is 11.8 Å². The van der Waals surface area contributed by atoms with Gasteiger partial charge in [-0.1, -0.05) is 35.9 Å². The van der Waals surface area contributed by atoms with E-state index < -0.39 is 5.91 Å². The van der Waals surface area contributed by atoms with Crippen LogP contribution in [0.5, 0.6) is 5.75 Å². The van der Waals surface area contributed by atoms with Crippen molar-refractivity contribution < 1.29 is 14.3 Å². The molecule has 0 unspecified atom stereocenters. The number of hydrogen-bond donors (Lipinski definition) is 2. The van der Waals surface area contributed by atoms with Crippen molar-refractivity contribution in [3.05, 3.63) is 94.6 Å². The molecule has 0 fully saturated rings. The number of rotatable bonds is 7. The summed E-state index contributed by atoms with van der Waals surface area (Å²) in [5.74, 6) is -0.329. The number of carbonyl (C=O) groups excluding carboxylic acids is 2. The molecule has 0 saturated heterocycles. The molecule has 3 aromatic carbocycles. The minimum absolute atomic E-state index is 0.0415. The van der Waals surface area contributed by atoms with E-state index in [1.54, 1.807) is 36.4 Å². The number of ether oxygens (including phenoxy) is 1. The van der Waals surface area contributed by atoms with Crippen molar-refractivity contribution in [1.29, 1.82) is 5.26 Å². The first-order valence-electron chi connectivity index (χ1n) is 10.4. The Labute approximate surface area is 193 Å². The monoisotopic (exact) mass is 439 g/mol. The molecule has 0 aliphatic heterocycles. The first kappa shape index (κ1) is 23.3. The molecule has 33 heavy (non-hydrogen) atoms. The Kier molecular flexibility index (Phi) is 7.61. The molecule has 3 rings (SSSR count). The number of amides is 2. The van der Waals surface area contributed by atoms with E-state index in [1.807, 2.05) is 57.2 Å². The number of nitrogens with zero attached hydrogens (tertiary/aromatic N) is 1. The van der Waals surface area contributed by atoms with E-state index in [9.17, 15) is 14.9 Å². The zero-order valence-electron chi connectivity index (χ0n) is 18.8. The normalized spacial score (nSPS) is 10.8. The molecule has 2 amide bonds. The Balaban J connectivity index is 1.62. The molecule has 0 bridgehead atoms. The van der Waals surface area contributed by atoms with Gasteiger partial charge < -0.3 is 15.4 Å². The van der Waals surface area contributed by atoms with E-state index in [0.717, 1.165) is 16.7 Å². The molecule has 6 nitrogen and oxygen atoms in total. The third-order valence-corrected chi connectivity index (χ3v) is 5.00. The predicted molar refractivity (Wildman–Crippen MR) is 130 cm³/mol. The third-order valence-electron chi connectivity index (χ3n) is 5.00. The quantitative estimate of drug-likeness (QED) is 0.392. The van der Waals surface area contributed by atoms with E-state index in [0.29, 0.717) is 22.7 Å². The average Bonchev–Trinajstić information content (AvgIpc) is 2.80. The molecule has 166 valence electrons. The van der Waals surface area contributed by atoms with Gasteiger partial charge in [0.1, 0.15) is 17.4 Å². The largest absolute Gasteiger partial charge is 0.484 e. The minimum atomic E-state index is -0.500. The van der Waals surface area contributed by atoms with Crippen LogP contribution in [-0.4, -0.2) is 18.4 Å². The summed E-state index contributed by atoms with van der Waals surface area (Å²) in [5.41, 5.74) is 5.20. The summed E-state index contributed by atoms with van der Waals surface area (Å²) < 4.78 is 5.59. The maximum atomic E-state index is 12.5. The fourth-order valence-corrected chi connectivity index (χ4v) is 3.01. The highest BCUT2D eigenvalue weighted by molar-refractivity contribution is 6.09. The van der Waals surface area contributed by atoms with E-state index in [1.165, 1.54) is 6.08 Å². The smallest absolute Gasteiger partial charge is 0.266 e. The van der Waals surface area contributed by atoms with Gasteiger partial charge >= 0.3 is 0 Å². The Morgan fingerprint density at radius 2 is 1.64 bits per heavy atom. The van der Waals surface area contributed by atoms with Crippen molar-refractivity contribution >= 4 is 29.3 Å². The summed E-state index contributed by atoms with van der Waals surface area (Å²) in [7, 11) is 0. The lowest BCUT2D eigenvalue weighted by Gasteiger charge is -2.09. The van der Waals surface area contributed by atoms with Crippen LogP contribution in [0.15, 0.2) is 72.3 Å². The van der Waals surface area contributed by atoms with E-state index >= 15 is 0 Å². The molecule has 6 heteroatoms. The van der Waals surface area contributed by atoms with Gasteiger partial charge in [0.2, 0.25) is 0 Å². The molecule has 0 aliphatic rings. The predicted octanol–water partition coefficient (Wildman–Crippen LogP) is 5.18. The maximum Gasteiger partial charge on any atom is 0.266 e. The van der Waals surface area contributed by atoms with Crippen LogP contribution in [0.2, 0.25) is 0 Å². The number of anilines is 2. The molecule has 0 spiro atoms. The highest BCUT2D eigenvalue weighted by Crippen LogP contribution is 2.18. The Bertz CT molecular complexity index is 1240. The number of hydrogen-bond acceptors (Lipinski definition) is 4. The maximum absolute atomic E-state index is 12.5. The van der Waals surface area contributed by atoms with Crippen molar-refractivity contribution in [1.82, 2.24) is 0 Å².